The SMILES string of the molecule is C=CC(NCc1cc(CC(OC(C)C)C(=C)O)cc(Br)c1S)c1ccc(C)cc1C. The zero-order chi connectivity index (χ0) is 22.4. The van der Waals surface area contributed by atoms with Crippen molar-refractivity contribution in [2.75, 3.05) is 0 Å². The van der Waals surface area contributed by atoms with Gasteiger partial charge in [0, 0.05) is 22.3 Å². The number of ether oxygens (including phenoxy) is 1. The minimum Gasteiger partial charge on any atom is -0.510 e. The molecule has 0 saturated carbocycles. The summed E-state index contributed by atoms with van der Waals surface area (Å²) in [5, 5.41) is 13.5. The molecule has 0 aliphatic rings. The van der Waals surface area contributed by atoms with Crippen molar-refractivity contribution in [1.82, 2.24) is 5.32 Å². The van der Waals surface area contributed by atoms with Gasteiger partial charge in [-0.2, -0.15) is 0 Å². The predicted molar refractivity (Wildman–Crippen MR) is 133 cm³/mol. The Labute approximate surface area is 194 Å². The van der Waals surface area contributed by atoms with Crippen LogP contribution in [0.1, 0.15) is 47.7 Å². The van der Waals surface area contributed by atoms with Gasteiger partial charge in [-0.05, 0) is 71.9 Å². The van der Waals surface area contributed by atoms with Crippen LogP contribution in [0.25, 0.3) is 0 Å². The molecule has 0 heterocycles. The molecular formula is C25H32BrNO2S. The smallest absolute Gasteiger partial charge is 0.118 e. The van der Waals surface area contributed by atoms with Gasteiger partial charge in [-0.15, -0.1) is 19.2 Å². The van der Waals surface area contributed by atoms with Crippen molar-refractivity contribution in [3.63, 3.8) is 0 Å². The normalized spacial score (nSPS) is 13.3. The zero-order valence-corrected chi connectivity index (χ0v) is 20.7. The number of thiol groups is 1. The summed E-state index contributed by atoms with van der Waals surface area (Å²) in [4.78, 5) is 0.888. The molecule has 30 heavy (non-hydrogen) atoms. The van der Waals surface area contributed by atoms with E-state index in [-0.39, 0.29) is 17.9 Å². The van der Waals surface area contributed by atoms with Crippen LogP contribution in [0.15, 0.2) is 64.7 Å². The molecule has 2 aromatic carbocycles. The van der Waals surface area contributed by atoms with E-state index in [0.29, 0.717) is 13.0 Å². The molecule has 2 unspecified atom stereocenters. The lowest BCUT2D eigenvalue weighted by atomic mass is 9.98. The molecule has 2 N–H and O–H groups in total. The van der Waals surface area contributed by atoms with Crippen LogP contribution in [0.5, 0.6) is 0 Å². The van der Waals surface area contributed by atoms with Crippen molar-refractivity contribution < 1.29 is 9.84 Å². The Balaban J connectivity index is 2.22. The lowest BCUT2D eigenvalue weighted by molar-refractivity contribution is 0.00789. The van der Waals surface area contributed by atoms with Gasteiger partial charge in [-0.1, -0.05) is 42.5 Å². The molecule has 162 valence electrons. The van der Waals surface area contributed by atoms with Crippen molar-refractivity contribution in [2.24, 2.45) is 0 Å². The molecule has 0 aliphatic heterocycles. The number of aryl methyl sites for hydroxylation is 2. The summed E-state index contributed by atoms with van der Waals surface area (Å²) in [5.41, 5.74) is 5.80. The second kappa shape index (κ2) is 11.2. The Bertz CT molecular complexity index is 910. The number of benzene rings is 2. The summed E-state index contributed by atoms with van der Waals surface area (Å²) in [6.07, 6.45) is 2.02. The van der Waals surface area contributed by atoms with Gasteiger partial charge in [-0.3, -0.25) is 0 Å². The summed E-state index contributed by atoms with van der Waals surface area (Å²) >= 11 is 8.30. The van der Waals surface area contributed by atoms with Gasteiger partial charge in [-0.25, -0.2) is 0 Å². The van der Waals surface area contributed by atoms with E-state index in [1.807, 2.05) is 26.0 Å². The van der Waals surface area contributed by atoms with E-state index >= 15 is 0 Å². The van der Waals surface area contributed by atoms with Crippen LogP contribution in [0.2, 0.25) is 0 Å². The molecule has 3 nitrogen and oxygen atoms in total. The van der Waals surface area contributed by atoms with E-state index in [9.17, 15) is 5.11 Å². The summed E-state index contributed by atoms with van der Waals surface area (Å²) in [7, 11) is 0. The zero-order valence-electron chi connectivity index (χ0n) is 18.2. The first-order valence-electron chi connectivity index (χ1n) is 10.1. The van der Waals surface area contributed by atoms with E-state index in [2.05, 4.69) is 85.1 Å². The second-order valence-corrected chi connectivity index (χ2v) is 9.21. The third kappa shape index (κ3) is 6.74. The van der Waals surface area contributed by atoms with E-state index in [0.717, 1.165) is 20.5 Å². The Morgan fingerprint density at radius 3 is 2.53 bits per heavy atom. The highest BCUT2D eigenvalue weighted by Gasteiger charge is 2.18. The quantitative estimate of drug-likeness (QED) is 0.195. The topological polar surface area (TPSA) is 41.5 Å². The average Bonchev–Trinajstić information content (AvgIpc) is 2.66. The number of hydrogen-bond donors (Lipinski definition) is 3. The van der Waals surface area contributed by atoms with E-state index in [1.165, 1.54) is 16.7 Å². The number of aliphatic hydroxyl groups excluding tert-OH is 1. The molecule has 0 fully saturated rings. The number of hydrogen-bond acceptors (Lipinski definition) is 4. The molecule has 0 saturated heterocycles. The molecule has 2 atom stereocenters. The molecule has 2 rings (SSSR count). The molecule has 0 aliphatic carbocycles. The van der Waals surface area contributed by atoms with Crippen molar-refractivity contribution in [3.05, 3.63) is 87.6 Å². The lowest BCUT2D eigenvalue weighted by Gasteiger charge is -2.21. The summed E-state index contributed by atoms with van der Waals surface area (Å²) < 4.78 is 6.72. The fourth-order valence-electron chi connectivity index (χ4n) is 3.47. The molecule has 0 aromatic heterocycles. The third-order valence-electron chi connectivity index (χ3n) is 4.94. The van der Waals surface area contributed by atoms with Gasteiger partial charge >= 0.3 is 0 Å². The Kier molecular flexibility index (Phi) is 9.23. The first kappa shape index (κ1) is 24.7. The summed E-state index contributed by atoms with van der Waals surface area (Å²) in [6.45, 7) is 16.4. The molecule has 5 heteroatoms. The van der Waals surface area contributed by atoms with Crippen LogP contribution in [0.4, 0.5) is 0 Å². The maximum Gasteiger partial charge on any atom is 0.118 e. The lowest BCUT2D eigenvalue weighted by Crippen LogP contribution is -2.23. The molecule has 0 amide bonds. The van der Waals surface area contributed by atoms with E-state index in [1.54, 1.807) is 0 Å². The monoisotopic (exact) mass is 489 g/mol. The molecule has 0 radical (unpaired) electrons. The highest BCUT2D eigenvalue weighted by molar-refractivity contribution is 9.10. The van der Waals surface area contributed by atoms with Gasteiger partial charge in [0.15, 0.2) is 0 Å². The number of halogens is 1. The van der Waals surface area contributed by atoms with Crippen LogP contribution in [-0.2, 0) is 17.7 Å². The highest BCUT2D eigenvalue weighted by Crippen LogP contribution is 2.29. The second-order valence-electron chi connectivity index (χ2n) is 7.91. The van der Waals surface area contributed by atoms with Gasteiger partial charge in [0.2, 0.25) is 0 Å². The summed E-state index contributed by atoms with van der Waals surface area (Å²) in [6, 6.07) is 10.6. The van der Waals surface area contributed by atoms with Crippen molar-refractivity contribution >= 4 is 28.6 Å². The minimum atomic E-state index is -0.445. The van der Waals surface area contributed by atoms with Crippen molar-refractivity contribution in [3.8, 4) is 0 Å². The van der Waals surface area contributed by atoms with Crippen LogP contribution in [-0.4, -0.2) is 17.3 Å². The van der Waals surface area contributed by atoms with E-state index in [4.69, 9.17) is 4.74 Å². The highest BCUT2D eigenvalue weighted by atomic mass is 79.9. The maximum atomic E-state index is 9.93. The molecule has 2 aromatic rings. The average molecular weight is 491 g/mol. The standard InChI is InChI=1S/C25H32BrNO2S/c1-7-23(21-9-8-16(4)10-17(21)5)27-14-20-11-19(12-22(26)25(20)30)13-24(18(6)28)29-15(2)3/h7-12,15,23-24,27-28,30H,1,6,13-14H2,2-5H3. The molecule has 0 spiro atoms. The van der Waals surface area contributed by atoms with Gasteiger partial charge < -0.3 is 15.2 Å². The fourth-order valence-corrected chi connectivity index (χ4v) is 4.23. The maximum absolute atomic E-state index is 9.93. The van der Waals surface area contributed by atoms with Crippen LogP contribution >= 0.6 is 28.6 Å². The molecule has 0 bridgehead atoms. The fraction of sp³-hybridized carbons (Fsp3) is 0.360. The van der Waals surface area contributed by atoms with Gasteiger partial charge in [0.1, 0.15) is 11.9 Å². The van der Waals surface area contributed by atoms with Crippen molar-refractivity contribution in [2.45, 2.75) is 63.8 Å². The molecular weight excluding hydrogens is 458 g/mol. The van der Waals surface area contributed by atoms with Crippen LogP contribution in [0, 0.1) is 13.8 Å². The largest absolute Gasteiger partial charge is 0.510 e. The van der Waals surface area contributed by atoms with Crippen LogP contribution in [0.3, 0.4) is 0 Å². The minimum absolute atomic E-state index is 0.00118. The first-order chi connectivity index (χ1) is 14.1. The number of rotatable bonds is 10. The number of aliphatic hydroxyl groups is 1. The Morgan fingerprint density at radius 1 is 1.27 bits per heavy atom. The predicted octanol–water partition coefficient (Wildman–Crippen LogP) is 6.78. The third-order valence-corrected chi connectivity index (χ3v) is 6.40. The Morgan fingerprint density at radius 2 is 1.97 bits per heavy atom. The summed E-state index contributed by atoms with van der Waals surface area (Å²) in [5.74, 6) is 0.0380. The number of nitrogens with one attached hydrogen (secondary N) is 1. The van der Waals surface area contributed by atoms with Gasteiger partial charge in [0.25, 0.3) is 0 Å². The first-order valence-corrected chi connectivity index (χ1v) is 11.3. The Hall–Kier alpha value is -1.53. The van der Waals surface area contributed by atoms with Gasteiger partial charge in [0.05, 0.1) is 12.1 Å². The van der Waals surface area contributed by atoms with Crippen LogP contribution < -0.4 is 5.32 Å². The van der Waals surface area contributed by atoms with E-state index < -0.39 is 6.10 Å². The van der Waals surface area contributed by atoms with Crippen molar-refractivity contribution in [1.29, 1.82) is 0 Å².